The molecule has 2 aromatic carbocycles. The van der Waals surface area contributed by atoms with E-state index in [0.717, 1.165) is 16.9 Å². The van der Waals surface area contributed by atoms with Gasteiger partial charge in [0.05, 0.1) is 12.5 Å². The van der Waals surface area contributed by atoms with Crippen molar-refractivity contribution in [3.8, 4) is 11.8 Å². The van der Waals surface area contributed by atoms with Crippen molar-refractivity contribution in [2.45, 2.75) is 19.1 Å². The molecule has 0 aliphatic carbocycles. The minimum atomic E-state index is -0.308. The van der Waals surface area contributed by atoms with Crippen molar-refractivity contribution in [1.82, 2.24) is 0 Å². The quantitative estimate of drug-likeness (QED) is 0.889. The van der Waals surface area contributed by atoms with Crippen LogP contribution in [0.3, 0.4) is 0 Å². The summed E-state index contributed by atoms with van der Waals surface area (Å²) in [5.74, 6) is 0.745. The van der Waals surface area contributed by atoms with Crippen molar-refractivity contribution < 1.29 is 4.74 Å². The lowest BCUT2D eigenvalue weighted by Gasteiger charge is -2.14. The van der Waals surface area contributed by atoms with E-state index in [1.54, 1.807) is 0 Å². The second kappa shape index (κ2) is 6.58. The summed E-state index contributed by atoms with van der Waals surface area (Å²) in [7, 11) is 0. The fraction of sp³-hybridized carbons (Fsp3) is 0.188. The van der Waals surface area contributed by atoms with Crippen molar-refractivity contribution in [2.24, 2.45) is 5.73 Å². The van der Waals surface area contributed by atoms with Crippen LogP contribution in [-0.2, 0) is 6.61 Å². The molecule has 0 radical (unpaired) electrons. The van der Waals surface area contributed by atoms with Crippen molar-refractivity contribution in [3.05, 3.63) is 65.7 Å². The van der Waals surface area contributed by atoms with Gasteiger partial charge in [0.2, 0.25) is 0 Å². The zero-order valence-electron chi connectivity index (χ0n) is 10.6. The molecule has 0 bridgehead atoms. The first-order valence-corrected chi connectivity index (χ1v) is 6.19. The largest absolute Gasteiger partial charge is 0.489 e. The maximum atomic E-state index is 8.73. The maximum Gasteiger partial charge on any atom is 0.124 e. The zero-order valence-corrected chi connectivity index (χ0v) is 10.6. The average Bonchev–Trinajstić information content (AvgIpc) is 2.47. The molecular weight excluding hydrogens is 236 g/mol. The molecule has 0 amide bonds. The molecule has 1 atom stereocenters. The molecule has 3 nitrogen and oxygen atoms in total. The Morgan fingerprint density at radius 2 is 1.74 bits per heavy atom. The first-order chi connectivity index (χ1) is 9.31. The Balaban J connectivity index is 2.10. The van der Waals surface area contributed by atoms with Crippen LogP contribution >= 0.6 is 0 Å². The standard InChI is InChI=1S/C16H16N2O/c17-11-10-15(18)14-8-4-5-9-16(14)19-12-13-6-2-1-3-7-13/h1-9,15H,10,12,18H2/t15-/m0/s1. The summed E-state index contributed by atoms with van der Waals surface area (Å²) in [5, 5.41) is 8.73. The number of hydrogen-bond donors (Lipinski definition) is 1. The van der Waals surface area contributed by atoms with E-state index < -0.39 is 0 Å². The number of nitrogens with two attached hydrogens (primary N) is 1. The Labute approximate surface area is 113 Å². The van der Waals surface area contributed by atoms with E-state index in [-0.39, 0.29) is 12.5 Å². The van der Waals surface area contributed by atoms with E-state index in [1.807, 2.05) is 54.6 Å². The molecule has 0 aliphatic rings. The third-order valence-electron chi connectivity index (χ3n) is 2.87. The van der Waals surface area contributed by atoms with E-state index in [2.05, 4.69) is 6.07 Å². The van der Waals surface area contributed by atoms with E-state index in [9.17, 15) is 0 Å². The summed E-state index contributed by atoms with van der Waals surface area (Å²) in [6.45, 7) is 0.497. The van der Waals surface area contributed by atoms with Gasteiger partial charge in [-0.3, -0.25) is 0 Å². The molecule has 0 spiro atoms. The minimum absolute atomic E-state index is 0.283. The Morgan fingerprint density at radius 1 is 1.05 bits per heavy atom. The van der Waals surface area contributed by atoms with Crippen LogP contribution in [0.1, 0.15) is 23.6 Å². The highest BCUT2D eigenvalue weighted by Crippen LogP contribution is 2.26. The van der Waals surface area contributed by atoms with Crippen LogP contribution in [-0.4, -0.2) is 0 Å². The molecule has 0 heterocycles. The van der Waals surface area contributed by atoms with Crippen LogP contribution in [0.25, 0.3) is 0 Å². The molecule has 2 rings (SSSR count). The number of ether oxygens (including phenoxy) is 1. The predicted octanol–water partition coefficient (Wildman–Crippen LogP) is 3.18. The Kier molecular flexibility index (Phi) is 4.54. The maximum absolute atomic E-state index is 8.73. The van der Waals surface area contributed by atoms with Crippen LogP contribution in [0.5, 0.6) is 5.75 Å². The number of nitrogens with zero attached hydrogens (tertiary/aromatic N) is 1. The summed E-state index contributed by atoms with van der Waals surface area (Å²) in [6.07, 6.45) is 0.283. The first kappa shape index (κ1) is 13.1. The summed E-state index contributed by atoms with van der Waals surface area (Å²) >= 11 is 0. The van der Waals surface area contributed by atoms with E-state index in [4.69, 9.17) is 15.7 Å². The lowest BCUT2D eigenvalue weighted by Crippen LogP contribution is -2.11. The number of benzene rings is 2. The van der Waals surface area contributed by atoms with Crippen molar-refractivity contribution >= 4 is 0 Å². The van der Waals surface area contributed by atoms with Crippen LogP contribution < -0.4 is 10.5 Å². The van der Waals surface area contributed by atoms with E-state index >= 15 is 0 Å². The minimum Gasteiger partial charge on any atom is -0.489 e. The molecule has 0 fully saturated rings. The predicted molar refractivity (Wildman–Crippen MR) is 74.4 cm³/mol. The highest BCUT2D eigenvalue weighted by atomic mass is 16.5. The molecular formula is C16H16N2O. The summed E-state index contributed by atoms with van der Waals surface area (Å²) < 4.78 is 5.80. The Hall–Kier alpha value is -2.31. The average molecular weight is 252 g/mol. The topological polar surface area (TPSA) is 59.0 Å². The van der Waals surface area contributed by atoms with Gasteiger partial charge >= 0.3 is 0 Å². The second-order valence-corrected chi connectivity index (χ2v) is 4.28. The third kappa shape index (κ3) is 3.57. The van der Waals surface area contributed by atoms with Crippen LogP contribution in [0.4, 0.5) is 0 Å². The highest BCUT2D eigenvalue weighted by molar-refractivity contribution is 5.36. The molecule has 2 aromatic rings. The molecule has 3 heteroatoms. The van der Waals surface area contributed by atoms with Gasteiger partial charge in [0.1, 0.15) is 12.4 Å². The number of para-hydroxylation sites is 1. The highest BCUT2D eigenvalue weighted by Gasteiger charge is 2.11. The SMILES string of the molecule is N#CC[C@H](N)c1ccccc1OCc1ccccc1. The molecule has 0 unspecified atom stereocenters. The first-order valence-electron chi connectivity index (χ1n) is 6.19. The molecule has 0 aromatic heterocycles. The lowest BCUT2D eigenvalue weighted by molar-refractivity contribution is 0.301. The summed E-state index contributed by atoms with van der Waals surface area (Å²) in [4.78, 5) is 0. The zero-order chi connectivity index (χ0) is 13.5. The third-order valence-corrected chi connectivity index (χ3v) is 2.87. The van der Waals surface area contributed by atoms with Gasteiger partial charge in [0.25, 0.3) is 0 Å². The van der Waals surface area contributed by atoms with E-state index in [1.165, 1.54) is 0 Å². The molecule has 96 valence electrons. The van der Waals surface area contributed by atoms with Gasteiger partial charge in [0.15, 0.2) is 0 Å². The molecule has 0 aliphatic heterocycles. The summed E-state index contributed by atoms with van der Waals surface area (Å²) in [6, 6.07) is 19.3. The Bertz CT molecular complexity index is 560. The van der Waals surface area contributed by atoms with Gasteiger partial charge in [0, 0.05) is 11.6 Å². The van der Waals surface area contributed by atoms with E-state index in [0.29, 0.717) is 6.61 Å². The van der Waals surface area contributed by atoms with Crippen LogP contribution in [0, 0.1) is 11.3 Å². The molecule has 0 saturated heterocycles. The van der Waals surface area contributed by atoms with Crippen LogP contribution in [0.15, 0.2) is 54.6 Å². The van der Waals surface area contributed by atoms with Crippen molar-refractivity contribution in [2.75, 3.05) is 0 Å². The van der Waals surface area contributed by atoms with Gasteiger partial charge in [-0.25, -0.2) is 0 Å². The smallest absolute Gasteiger partial charge is 0.124 e. The molecule has 19 heavy (non-hydrogen) atoms. The fourth-order valence-electron chi connectivity index (χ4n) is 1.86. The number of rotatable bonds is 5. The fourth-order valence-corrected chi connectivity index (χ4v) is 1.86. The monoisotopic (exact) mass is 252 g/mol. The van der Waals surface area contributed by atoms with Crippen molar-refractivity contribution in [1.29, 1.82) is 5.26 Å². The molecule has 2 N–H and O–H groups in total. The number of nitriles is 1. The van der Waals surface area contributed by atoms with Gasteiger partial charge in [-0.15, -0.1) is 0 Å². The van der Waals surface area contributed by atoms with Gasteiger partial charge in [-0.1, -0.05) is 48.5 Å². The van der Waals surface area contributed by atoms with Gasteiger partial charge < -0.3 is 10.5 Å². The van der Waals surface area contributed by atoms with Crippen molar-refractivity contribution in [3.63, 3.8) is 0 Å². The molecule has 0 saturated carbocycles. The van der Waals surface area contributed by atoms with Crippen LogP contribution in [0.2, 0.25) is 0 Å². The Morgan fingerprint density at radius 3 is 2.47 bits per heavy atom. The summed E-state index contributed by atoms with van der Waals surface area (Å²) in [5.41, 5.74) is 7.95. The van der Waals surface area contributed by atoms with Gasteiger partial charge in [-0.2, -0.15) is 5.26 Å². The number of hydrogen-bond acceptors (Lipinski definition) is 3. The normalized spacial score (nSPS) is 11.6. The lowest BCUT2D eigenvalue weighted by atomic mass is 10.0. The second-order valence-electron chi connectivity index (χ2n) is 4.28. The van der Waals surface area contributed by atoms with Gasteiger partial charge in [-0.05, 0) is 11.6 Å².